The lowest BCUT2D eigenvalue weighted by Gasteiger charge is -2.14. The Hall–Kier alpha value is -4.55. The summed E-state index contributed by atoms with van der Waals surface area (Å²) in [6.07, 6.45) is 0. The van der Waals surface area contributed by atoms with Crippen molar-refractivity contribution in [3.63, 3.8) is 0 Å². The summed E-state index contributed by atoms with van der Waals surface area (Å²) in [5.41, 5.74) is 1.09. The maximum absolute atomic E-state index is 13.1. The zero-order chi connectivity index (χ0) is 25.8. The smallest absolute Gasteiger partial charge is 0.259 e. The van der Waals surface area contributed by atoms with Gasteiger partial charge in [-0.1, -0.05) is 66.2 Å². The number of hydrogen-bond acceptors (Lipinski definition) is 4. The first-order valence-electron chi connectivity index (χ1n) is 11.7. The number of benzene rings is 5. The third kappa shape index (κ3) is 5.50. The van der Waals surface area contributed by atoms with Gasteiger partial charge in [0.05, 0.1) is 17.8 Å². The SMILES string of the molecule is O=C(NCCOc1cc2ccccc2cc1C(=O)Nc1ccc(Cl)cc1O)c1ccc2ccccc2c1. The predicted octanol–water partition coefficient (Wildman–Crippen LogP) is 6.41. The molecule has 0 fully saturated rings. The third-order valence-electron chi connectivity index (χ3n) is 5.96. The molecule has 37 heavy (non-hydrogen) atoms. The Morgan fingerprint density at radius 2 is 1.43 bits per heavy atom. The van der Waals surface area contributed by atoms with Crippen molar-refractivity contribution in [2.75, 3.05) is 18.5 Å². The van der Waals surface area contributed by atoms with Crippen LogP contribution >= 0.6 is 11.6 Å². The van der Waals surface area contributed by atoms with E-state index in [4.69, 9.17) is 16.3 Å². The molecule has 3 N–H and O–H groups in total. The van der Waals surface area contributed by atoms with E-state index in [1.54, 1.807) is 24.3 Å². The summed E-state index contributed by atoms with van der Waals surface area (Å²) in [7, 11) is 0. The number of rotatable bonds is 7. The van der Waals surface area contributed by atoms with Gasteiger partial charge in [0.2, 0.25) is 0 Å². The quantitative estimate of drug-likeness (QED) is 0.174. The molecule has 0 heterocycles. The van der Waals surface area contributed by atoms with Crippen molar-refractivity contribution in [2.45, 2.75) is 0 Å². The van der Waals surface area contributed by atoms with E-state index in [-0.39, 0.29) is 30.5 Å². The minimum absolute atomic E-state index is 0.138. The van der Waals surface area contributed by atoms with Crippen molar-refractivity contribution < 1.29 is 19.4 Å². The number of amides is 2. The molecule has 7 heteroatoms. The summed E-state index contributed by atoms with van der Waals surface area (Å²) >= 11 is 5.90. The molecule has 5 aromatic carbocycles. The van der Waals surface area contributed by atoms with Crippen molar-refractivity contribution in [3.05, 3.63) is 113 Å². The molecule has 0 atom stereocenters. The summed E-state index contributed by atoms with van der Waals surface area (Å²) in [6.45, 7) is 0.404. The summed E-state index contributed by atoms with van der Waals surface area (Å²) in [4.78, 5) is 25.8. The largest absolute Gasteiger partial charge is 0.506 e. The second kappa shape index (κ2) is 10.6. The fraction of sp³-hybridized carbons (Fsp3) is 0.0667. The number of aromatic hydroxyl groups is 1. The van der Waals surface area contributed by atoms with Crippen molar-refractivity contribution in [1.29, 1.82) is 0 Å². The molecule has 0 saturated heterocycles. The first-order chi connectivity index (χ1) is 18.0. The van der Waals surface area contributed by atoms with Gasteiger partial charge in [0.25, 0.3) is 11.8 Å². The van der Waals surface area contributed by atoms with Crippen molar-refractivity contribution in [1.82, 2.24) is 5.32 Å². The van der Waals surface area contributed by atoms with Gasteiger partial charge in [0.1, 0.15) is 18.1 Å². The molecule has 0 aromatic heterocycles. The Balaban J connectivity index is 1.30. The number of ether oxygens (including phenoxy) is 1. The van der Waals surface area contributed by atoms with Crippen LogP contribution in [0.1, 0.15) is 20.7 Å². The molecule has 5 rings (SSSR count). The van der Waals surface area contributed by atoms with Crippen LogP contribution in [0.25, 0.3) is 21.5 Å². The summed E-state index contributed by atoms with van der Waals surface area (Å²) < 4.78 is 5.95. The lowest BCUT2D eigenvalue weighted by Crippen LogP contribution is -2.28. The number of halogens is 1. The average Bonchev–Trinajstić information content (AvgIpc) is 2.91. The van der Waals surface area contributed by atoms with Crippen LogP contribution in [0.4, 0.5) is 5.69 Å². The molecule has 0 radical (unpaired) electrons. The number of hydrogen-bond donors (Lipinski definition) is 3. The number of nitrogens with one attached hydrogen (secondary N) is 2. The van der Waals surface area contributed by atoms with Gasteiger partial charge >= 0.3 is 0 Å². The van der Waals surface area contributed by atoms with Crippen LogP contribution < -0.4 is 15.4 Å². The van der Waals surface area contributed by atoms with Gasteiger partial charge in [-0.15, -0.1) is 0 Å². The fourth-order valence-corrected chi connectivity index (χ4v) is 4.24. The Morgan fingerprint density at radius 1 is 0.757 bits per heavy atom. The topological polar surface area (TPSA) is 87.7 Å². The number of anilines is 1. The number of phenolic OH excluding ortho intramolecular Hbond substituents is 1. The van der Waals surface area contributed by atoms with E-state index in [0.29, 0.717) is 21.9 Å². The van der Waals surface area contributed by atoms with Crippen molar-refractivity contribution >= 4 is 50.6 Å². The molecule has 0 spiro atoms. The normalized spacial score (nSPS) is 10.8. The van der Waals surface area contributed by atoms with Crippen molar-refractivity contribution in [3.8, 4) is 11.5 Å². The lowest BCUT2D eigenvalue weighted by molar-refractivity contribution is 0.0944. The van der Waals surface area contributed by atoms with Gasteiger partial charge in [-0.2, -0.15) is 0 Å². The highest BCUT2D eigenvalue weighted by molar-refractivity contribution is 6.30. The highest BCUT2D eigenvalue weighted by Crippen LogP contribution is 2.30. The maximum atomic E-state index is 13.1. The molecular weight excluding hydrogens is 488 g/mol. The molecule has 184 valence electrons. The van der Waals surface area contributed by atoms with Crippen LogP contribution in [-0.4, -0.2) is 30.1 Å². The number of fused-ring (bicyclic) bond motifs is 2. The van der Waals surface area contributed by atoms with Gasteiger partial charge in [0, 0.05) is 16.7 Å². The third-order valence-corrected chi connectivity index (χ3v) is 6.19. The molecule has 0 aliphatic rings. The predicted molar refractivity (Wildman–Crippen MR) is 147 cm³/mol. The van der Waals surface area contributed by atoms with E-state index in [2.05, 4.69) is 10.6 Å². The van der Waals surface area contributed by atoms with Gasteiger partial charge in [-0.05, 0) is 57.9 Å². The minimum Gasteiger partial charge on any atom is -0.506 e. The lowest BCUT2D eigenvalue weighted by atomic mass is 10.1. The van der Waals surface area contributed by atoms with E-state index >= 15 is 0 Å². The first kappa shape index (κ1) is 24.2. The molecule has 5 aromatic rings. The van der Waals surface area contributed by atoms with Crippen LogP contribution in [0.15, 0.2) is 97.1 Å². The molecule has 0 bridgehead atoms. The van der Waals surface area contributed by atoms with Crippen LogP contribution in [-0.2, 0) is 0 Å². The first-order valence-corrected chi connectivity index (χ1v) is 12.1. The van der Waals surface area contributed by atoms with E-state index in [9.17, 15) is 14.7 Å². The van der Waals surface area contributed by atoms with E-state index in [1.165, 1.54) is 12.1 Å². The second-order valence-corrected chi connectivity index (χ2v) is 8.91. The van der Waals surface area contributed by atoms with Gasteiger partial charge in [0.15, 0.2) is 0 Å². The number of phenols is 1. The minimum atomic E-state index is -0.446. The fourth-order valence-electron chi connectivity index (χ4n) is 4.07. The molecule has 2 amide bonds. The van der Waals surface area contributed by atoms with Crippen LogP contribution in [0, 0.1) is 0 Å². The average molecular weight is 511 g/mol. The Kier molecular flexibility index (Phi) is 6.92. The zero-order valence-electron chi connectivity index (χ0n) is 19.7. The highest BCUT2D eigenvalue weighted by Gasteiger charge is 2.16. The summed E-state index contributed by atoms with van der Waals surface area (Å²) in [5.74, 6) is -0.423. The molecule has 0 aliphatic carbocycles. The standard InChI is InChI=1S/C30H23ClN2O4/c31-24-11-12-26(27(34)18-24)33-30(36)25-16-21-7-3-4-8-22(21)17-28(25)37-14-13-32-29(35)23-10-9-19-5-1-2-6-20(19)15-23/h1-12,15-18,34H,13-14H2,(H,32,35)(H,33,36). The second-order valence-electron chi connectivity index (χ2n) is 8.48. The van der Waals surface area contributed by atoms with Crippen LogP contribution in [0.2, 0.25) is 5.02 Å². The molecule has 0 aliphatic heterocycles. The Bertz CT molecular complexity index is 1630. The number of carbonyl (C=O) groups is 2. The van der Waals surface area contributed by atoms with E-state index in [0.717, 1.165) is 21.5 Å². The zero-order valence-corrected chi connectivity index (χ0v) is 20.5. The summed E-state index contributed by atoms with van der Waals surface area (Å²) in [5, 5.41) is 19.9. The van der Waals surface area contributed by atoms with E-state index in [1.807, 2.05) is 60.7 Å². The number of carbonyl (C=O) groups excluding carboxylic acids is 2. The molecule has 0 unspecified atom stereocenters. The molecular formula is C30H23ClN2O4. The monoisotopic (exact) mass is 510 g/mol. The van der Waals surface area contributed by atoms with Crippen LogP contribution in [0.3, 0.4) is 0 Å². The Morgan fingerprint density at radius 3 is 2.16 bits per heavy atom. The highest BCUT2D eigenvalue weighted by atomic mass is 35.5. The van der Waals surface area contributed by atoms with E-state index < -0.39 is 5.91 Å². The van der Waals surface area contributed by atoms with Gasteiger partial charge in [-0.25, -0.2) is 0 Å². The van der Waals surface area contributed by atoms with Crippen molar-refractivity contribution in [2.24, 2.45) is 0 Å². The van der Waals surface area contributed by atoms with Gasteiger partial charge in [-0.3, -0.25) is 9.59 Å². The molecule has 0 saturated carbocycles. The Labute approximate surface area is 218 Å². The maximum Gasteiger partial charge on any atom is 0.259 e. The van der Waals surface area contributed by atoms with Crippen LogP contribution in [0.5, 0.6) is 11.5 Å². The van der Waals surface area contributed by atoms with Gasteiger partial charge < -0.3 is 20.5 Å². The summed E-state index contributed by atoms with van der Waals surface area (Å²) in [6, 6.07) is 29.0. The molecule has 6 nitrogen and oxygen atoms in total.